The van der Waals surface area contributed by atoms with Crippen molar-refractivity contribution in [2.45, 2.75) is 43.0 Å². The number of hydrogen-bond acceptors (Lipinski definition) is 5. The maximum Gasteiger partial charge on any atom is 0.325 e. The van der Waals surface area contributed by atoms with E-state index in [0.717, 1.165) is 25.9 Å². The quantitative estimate of drug-likeness (QED) is 0.751. The minimum Gasteiger partial charge on any atom is -0.480 e. The lowest BCUT2D eigenvalue weighted by atomic mass is 10.2. The number of amides is 2. The molecule has 0 saturated carbocycles. The first kappa shape index (κ1) is 18.3. The minimum absolute atomic E-state index is 0.0356. The van der Waals surface area contributed by atoms with Gasteiger partial charge < -0.3 is 15.3 Å². The van der Waals surface area contributed by atoms with Crippen molar-refractivity contribution < 1.29 is 19.5 Å². The fraction of sp³-hybridized carbons (Fsp3) is 0.500. The summed E-state index contributed by atoms with van der Waals surface area (Å²) < 4.78 is 0. The minimum atomic E-state index is -1.11. The molecule has 2 N–H and O–H groups in total. The lowest BCUT2D eigenvalue weighted by Gasteiger charge is -2.20. The van der Waals surface area contributed by atoms with Gasteiger partial charge in [-0.15, -0.1) is 0 Å². The lowest BCUT2D eigenvalue weighted by Crippen LogP contribution is -2.38. The summed E-state index contributed by atoms with van der Waals surface area (Å²) in [6.07, 6.45) is 3.59. The van der Waals surface area contributed by atoms with E-state index >= 15 is 0 Å². The number of carboxylic acid groups (broad SMARTS) is 1. The van der Waals surface area contributed by atoms with Gasteiger partial charge in [0.15, 0.2) is 0 Å². The predicted octanol–water partition coefficient (Wildman–Crippen LogP) is 1.39. The summed E-state index contributed by atoms with van der Waals surface area (Å²) in [5, 5.41) is 11.4. The average Bonchev–Trinajstić information content (AvgIpc) is 3.08. The normalized spacial score (nSPS) is 16.5. The van der Waals surface area contributed by atoms with E-state index in [0.29, 0.717) is 5.03 Å². The molecule has 0 aromatic carbocycles. The Balaban J connectivity index is 2.09. The molecule has 1 aromatic heterocycles. The van der Waals surface area contributed by atoms with Crippen molar-refractivity contribution in [3.8, 4) is 0 Å². The van der Waals surface area contributed by atoms with Gasteiger partial charge in [0.2, 0.25) is 5.91 Å². The largest absolute Gasteiger partial charge is 0.480 e. The van der Waals surface area contributed by atoms with E-state index in [1.807, 2.05) is 4.90 Å². The standard InChI is InChI=1S/C16H21N3O4S/c1-10(16(22)23)18-13(20)12-6-5-7-17-14(12)24-11(2)15(21)19-8-3-4-9-19/h5-7,10-11H,3-4,8-9H2,1-2H3,(H,18,20)(H,22,23)/t10-,11?/m0/s1. The number of rotatable bonds is 6. The molecule has 0 spiro atoms. The van der Waals surface area contributed by atoms with Crippen LogP contribution in [-0.4, -0.2) is 57.2 Å². The summed E-state index contributed by atoms with van der Waals surface area (Å²) in [5.41, 5.74) is 0.275. The van der Waals surface area contributed by atoms with Gasteiger partial charge in [-0.1, -0.05) is 11.8 Å². The van der Waals surface area contributed by atoms with Crippen molar-refractivity contribution in [3.63, 3.8) is 0 Å². The molecule has 1 aliphatic rings. The Bertz CT molecular complexity index is 632. The van der Waals surface area contributed by atoms with Gasteiger partial charge >= 0.3 is 5.97 Å². The van der Waals surface area contributed by atoms with E-state index in [-0.39, 0.29) is 16.7 Å². The molecule has 7 nitrogen and oxygen atoms in total. The van der Waals surface area contributed by atoms with Crippen molar-refractivity contribution >= 4 is 29.5 Å². The highest BCUT2D eigenvalue weighted by molar-refractivity contribution is 8.00. The van der Waals surface area contributed by atoms with Crippen LogP contribution >= 0.6 is 11.8 Å². The summed E-state index contributed by atoms with van der Waals surface area (Å²) in [6, 6.07) is 2.18. The molecular weight excluding hydrogens is 330 g/mol. The van der Waals surface area contributed by atoms with Gasteiger partial charge in [0, 0.05) is 19.3 Å². The van der Waals surface area contributed by atoms with Crippen LogP contribution in [-0.2, 0) is 9.59 Å². The van der Waals surface area contributed by atoms with E-state index in [2.05, 4.69) is 10.3 Å². The Morgan fingerprint density at radius 1 is 1.29 bits per heavy atom. The molecule has 2 atom stereocenters. The number of pyridine rings is 1. The maximum absolute atomic E-state index is 12.4. The van der Waals surface area contributed by atoms with Crippen LogP contribution in [0.15, 0.2) is 23.4 Å². The number of aromatic nitrogens is 1. The molecule has 2 amide bonds. The Kier molecular flexibility index (Phi) is 6.19. The van der Waals surface area contributed by atoms with Gasteiger partial charge in [0.25, 0.3) is 5.91 Å². The molecule has 130 valence electrons. The van der Waals surface area contributed by atoms with Crippen LogP contribution in [0, 0.1) is 0 Å². The van der Waals surface area contributed by atoms with E-state index in [1.165, 1.54) is 18.7 Å². The monoisotopic (exact) mass is 351 g/mol. The summed E-state index contributed by atoms with van der Waals surface area (Å²) in [7, 11) is 0. The van der Waals surface area contributed by atoms with Crippen LogP contribution in [0.25, 0.3) is 0 Å². The third-order valence-electron chi connectivity index (χ3n) is 3.79. The van der Waals surface area contributed by atoms with Crippen LogP contribution in [0.3, 0.4) is 0 Å². The van der Waals surface area contributed by atoms with Gasteiger partial charge in [-0.2, -0.15) is 0 Å². The Morgan fingerprint density at radius 2 is 1.96 bits per heavy atom. The third-order valence-corrected chi connectivity index (χ3v) is 4.89. The second-order valence-electron chi connectivity index (χ2n) is 5.68. The topological polar surface area (TPSA) is 99.6 Å². The maximum atomic E-state index is 12.4. The fourth-order valence-electron chi connectivity index (χ4n) is 2.41. The van der Waals surface area contributed by atoms with E-state index in [1.54, 1.807) is 25.3 Å². The SMILES string of the molecule is CC(Sc1ncccc1C(=O)N[C@@H](C)C(=O)O)C(=O)N1CCCC1. The number of nitrogens with zero attached hydrogens (tertiary/aromatic N) is 2. The molecule has 0 radical (unpaired) electrons. The summed E-state index contributed by atoms with van der Waals surface area (Å²) in [5.74, 6) is -1.59. The molecule has 2 heterocycles. The smallest absolute Gasteiger partial charge is 0.325 e. The number of carbonyl (C=O) groups is 3. The van der Waals surface area contributed by atoms with Gasteiger partial charge in [0.1, 0.15) is 11.1 Å². The zero-order chi connectivity index (χ0) is 17.7. The Hall–Kier alpha value is -2.09. The van der Waals surface area contributed by atoms with Gasteiger partial charge in [-0.05, 0) is 38.8 Å². The van der Waals surface area contributed by atoms with Crippen LogP contribution < -0.4 is 5.32 Å². The van der Waals surface area contributed by atoms with E-state index in [9.17, 15) is 14.4 Å². The number of carboxylic acids is 1. The summed E-state index contributed by atoms with van der Waals surface area (Å²) >= 11 is 1.22. The van der Waals surface area contributed by atoms with Crippen LogP contribution in [0.1, 0.15) is 37.0 Å². The first-order chi connectivity index (χ1) is 11.4. The molecule has 1 saturated heterocycles. The second-order valence-corrected chi connectivity index (χ2v) is 7.01. The number of thioether (sulfide) groups is 1. The molecule has 1 aliphatic heterocycles. The highest BCUT2D eigenvalue weighted by Crippen LogP contribution is 2.26. The molecule has 8 heteroatoms. The molecule has 0 bridgehead atoms. The molecule has 1 unspecified atom stereocenters. The van der Waals surface area contributed by atoms with Crippen molar-refractivity contribution in [1.29, 1.82) is 0 Å². The zero-order valence-corrected chi connectivity index (χ0v) is 14.5. The van der Waals surface area contributed by atoms with E-state index < -0.39 is 17.9 Å². The number of nitrogens with one attached hydrogen (secondary N) is 1. The Labute approximate surface area is 144 Å². The van der Waals surface area contributed by atoms with Crippen molar-refractivity contribution in [2.75, 3.05) is 13.1 Å². The second kappa shape index (κ2) is 8.14. The first-order valence-corrected chi connectivity index (χ1v) is 8.72. The van der Waals surface area contributed by atoms with Crippen molar-refractivity contribution in [1.82, 2.24) is 15.2 Å². The highest BCUT2D eigenvalue weighted by atomic mass is 32.2. The summed E-state index contributed by atoms with van der Waals surface area (Å²) in [4.78, 5) is 41.6. The number of aliphatic carboxylic acids is 1. The molecule has 24 heavy (non-hydrogen) atoms. The zero-order valence-electron chi connectivity index (χ0n) is 13.7. The first-order valence-electron chi connectivity index (χ1n) is 7.84. The van der Waals surface area contributed by atoms with Gasteiger partial charge in [-0.25, -0.2) is 4.98 Å². The Morgan fingerprint density at radius 3 is 2.58 bits per heavy atom. The number of likely N-dealkylation sites (tertiary alicyclic amines) is 1. The summed E-state index contributed by atoms with van der Waals surface area (Å²) in [6.45, 7) is 4.73. The molecule has 0 aliphatic carbocycles. The fourth-order valence-corrected chi connectivity index (χ4v) is 3.40. The molecule has 2 rings (SSSR count). The number of carbonyl (C=O) groups excluding carboxylic acids is 2. The average molecular weight is 351 g/mol. The molecule has 1 fully saturated rings. The van der Waals surface area contributed by atoms with Gasteiger partial charge in [0.05, 0.1) is 10.8 Å². The van der Waals surface area contributed by atoms with Gasteiger partial charge in [-0.3, -0.25) is 14.4 Å². The lowest BCUT2D eigenvalue weighted by molar-refractivity contribution is -0.138. The van der Waals surface area contributed by atoms with Crippen LogP contribution in [0.4, 0.5) is 0 Å². The number of hydrogen-bond donors (Lipinski definition) is 2. The third kappa shape index (κ3) is 4.47. The molecular formula is C16H21N3O4S. The highest BCUT2D eigenvalue weighted by Gasteiger charge is 2.26. The van der Waals surface area contributed by atoms with Crippen LogP contribution in [0.2, 0.25) is 0 Å². The van der Waals surface area contributed by atoms with Crippen LogP contribution in [0.5, 0.6) is 0 Å². The van der Waals surface area contributed by atoms with Crippen molar-refractivity contribution in [2.24, 2.45) is 0 Å². The molecule has 1 aromatic rings. The van der Waals surface area contributed by atoms with E-state index in [4.69, 9.17) is 5.11 Å². The predicted molar refractivity (Wildman–Crippen MR) is 89.9 cm³/mol. The van der Waals surface area contributed by atoms with Crippen molar-refractivity contribution in [3.05, 3.63) is 23.9 Å².